The first-order chi connectivity index (χ1) is 9.02. The molecule has 4 heteroatoms. The predicted molar refractivity (Wildman–Crippen MR) is 84.9 cm³/mol. The maximum absolute atomic E-state index is 4.82. The van der Waals surface area contributed by atoms with Gasteiger partial charge in [0.15, 0.2) is 0 Å². The standard InChI is InChI=1S/C15H29N3S/c1-6-7-13-14(11-16-10-12(2)3)19-15(17-13)8-9-18(4)5/h12,16H,6-11H2,1-5H3. The van der Waals surface area contributed by atoms with Crippen LogP contribution in [-0.4, -0.2) is 37.1 Å². The summed E-state index contributed by atoms with van der Waals surface area (Å²) in [5.41, 5.74) is 1.32. The zero-order chi connectivity index (χ0) is 14.3. The highest BCUT2D eigenvalue weighted by Gasteiger charge is 2.10. The lowest BCUT2D eigenvalue weighted by molar-refractivity contribution is 0.413. The smallest absolute Gasteiger partial charge is 0.0944 e. The minimum absolute atomic E-state index is 0.704. The number of thiazole rings is 1. The quantitative estimate of drug-likeness (QED) is 0.755. The molecule has 0 fully saturated rings. The van der Waals surface area contributed by atoms with Crippen LogP contribution < -0.4 is 5.32 Å². The van der Waals surface area contributed by atoms with Crippen molar-refractivity contribution in [3.05, 3.63) is 15.6 Å². The van der Waals surface area contributed by atoms with E-state index in [-0.39, 0.29) is 0 Å². The Kier molecular flexibility index (Phi) is 7.57. The van der Waals surface area contributed by atoms with E-state index in [1.54, 1.807) is 0 Å². The number of hydrogen-bond donors (Lipinski definition) is 1. The van der Waals surface area contributed by atoms with Gasteiger partial charge in [0.05, 0.1) is 10.7 Å². The van der Waals surface area contributed by atoms with Crippen LogP contribution in [0.25, 0.3) is 0 Å². The first-order valence-electron chi connectivity index (χ1n) is 7.35. The average Bonchev–Trinajstić information content (AvgIpc) is 2.69. The van der Waals surface area contributed by atoms with Crippen molar-refractivity contribution in [2.45, 2.75) is 46.6 Å². The van der Waals surface area contributed by atoms with Gasteiger partial charge in [0.1, 0.15) is 0 Å². The summed E-state index contributed by atoms with van der Waals surface area (Å²) in [5.74, 6) is 0.704. The second-order valence-corrected chi connectivity index (χ2v) is 6.97. The zero-order valence-corrected chi connectivity index (χ0v) is 13.9. The molecule has 0 aliphatic heterocycles. The number of aromatic nitrogens is 1. The molecule has 0 saturated carbocycles. The highest BCUT2D eigenvalue weighted by molar-refractivity contribution is 7.11. The third-order valence-electron chi connectivity index (χ3n) is 2.92. The zero-order valence-electron chi connectivity index (χ0n) is 13.1. The van der Waals surface area contributed by atoms with Crippen LogP contribution in [-0.2, 0) is 19.4 Å². The molecule has 1 heterocycles. The first-order valence-corrected chi connectivity index (χ1v) is 8.17. The average molecular weight is 283 g/mol. The number of nitrogens with zero attached hydrogens (tertiary/aromatic N) is 2. The molecule has 1 N–H and O–H groups in total. The van der Waals surface area contributed by atoms with Crippen molar-refractivity contribution in [1.29, 1.82) is 0 Å². The van der Waals surface area contributed by atoms with Crippen LogP contribution in [0.1, 0.15) is 42.8 Å². The summed E-state index contributed by atoms with van der Waals surface area (Å²) in [6.07, 6.45) is 3.35. The van der Waals surface area contributed by atoms with Gasteiger partial charge in [-0.15, -0.1) is 11.3 Å². The number of nitrogens with one attached hydrogen (secondary N) is 1. The second kappa shape index (κ2) is 8.67. The summed E-state index contributed by atoms with van der Waals surface area (Å²) in [7, 11) is 4.23. The molecule has 1 aromatic rings. The van der Waals surface area contributed by atoms with Crippen LogP contribution in [0.15, 0.2) is 0 Å². The van der Waals surface area contributed by atoms with Crippen LogP contribution in [0.5, 0.6) is 0 Å². The van der Waals surface area contributed by atoms with E-state index >= 15 is 0 Å². The lowest BCUT2D eigenvalue weighted by atomic mass is 10.2. The largest absolute Gasteiger partial charge is 0.312 e. The number of hydrogen-bond acceptors (Lipinski definition) is 4. The molecule has 0 radical (unpaired) electrons. The topological polar surface area (TPSA) is 28.2 Å². The van der Waals surface area contributed by atoms with Gasteiger partial charge >= 0.3 is 0 Å². The molecule has 0 amide bonds. The van der Waals surface area contributed by atoms with Crippen molar-refractivity contribution in [1.82, 2.24) is 15.2 Å². The fourth-order valence-electron chi connectivity index (χ4n) is 1.91. The van der Waals surface area contributed by atoms with Crippen LogP contribution in [0.2, 0.25) is 0 Å². The molecule has 0 bridgehead atoms. The van der Waals surface area contributed by atoms with Gasteiger partial charge in [-0.1, -0.05) is 27.2 Å². The van der Waals surface area contributed by atoms with Gasteiger partial charge in [-0.25, -0.2) is 4.98 Å². The van der Waals surface area contributed by atoms with Gasteiger partial charge in [-0.3, -0.25) is 0 Å². The van der Waals surface area contributed by atoms with Gasteiger partial charge in [0, 0.05) is 24.4 Å². The van der Waals surface area contributed by atoms with E-state index in [1.807, 2.05) is 11.3 Å². The van der Waals surface area contributed by atoms with Crippen molar-refractivity contribution in [2.75, 3.05) is 27.2 Å². The highest BCUT2D eigenvalue weighted by atomic mass is 32.1. The van der Waals surface area contributed by atoms with E-state index in [1.165, 1.54) is 22.0 Å². The maximum atomic E-state index is 4.82. The van der Waals surface area contributed by atoms with E-state index in [4.69, 9.17) is 4.98 Å². The molecule has 0 saturated heterocycles. The van der Waals surface area contributed by atoms with Crippen LogP contribution in [0.4, 0.5) is 0 Å². The van der Waals surface area contributed by atoms with Crippen molar-refractivity contribution in [3.63, 3.8) is 0 Å². The highest BCUT2D eigenvalue weighted by Crippen LogP contribution is 2.20. The van der Waals surface area contributed by atoms with Gasteiger partial charge in [0.25, 0.3) is 0 Å². The first kappa shape index (κ1) is 16.6. The lowest BCUT2D eigenvalue weighted by Gasteiger charge is -2.07. The molecular weight excluding hydrogens is 254 g/mol. The minimum Gasteiger partial charge on any atom is -0.312 e. The predicted octanol–water partition coefficient (Wildman–Crippen LogP) is 2.95. The molecule has 19 heavy (non-hydrogen) atoms. The molecule has 0 spiro atoms. The van der Waals surface area contributed by atoms with Crippen molar-refractivity contribution in [2.24, 2.45) is 5.92 Å². The molecule has 0 aromatic carbocycles. The number of aryl methyl sites for hydroxylation is 1. The van der Waals surface area contributed by atoms with Gasteiger partial charge < -0.3 is 10.2 Å². The van der Waals surface area contributed by atoms with Crippen molar-refractivity contribution < 1.29 is 0 Å². The fraction of sp³-hybridized carbons (Fsp3) is 0.800. The maximum Gasteiger partial charge on any atom is 0.0944 e. The fourth-order valence-corrected chi connectivity index (χ4v) is 2.98. The summed E-state index contributed by atoms with van der Waals surface area (Å²) in [4.78, 5) is 8.48. The molecule has 3 nitrogen and oxygen atoms in total. The Labute approximate surface area is 122 Å². The summed E-state index contributed by atoms with van der Waals surface area (Å²) >= 11 is 1.89. The second-order valence-electron chi connectivity index (χ2n) is 5.81. The third kappa shape index (κ3) is 6.50. The Morgan fingerprint density at radius 2 is 2.00 bits per heavy atom. The summed E-state index contributed by atoms with van der Waals surface area (Å²) in [6.45, 7) is 9.86. The Hall–Kier alpha value is -0.450. The Bertz CT molecular complexity index is 358. The summed E-state index contributed by atoms with van der Waals surface area (Å²) < 4.78 is 0. The molecule has 1 rings (SSSR count). The van der Waals surface area contributed by atoms with Gasteiger partial charge in [-0.05, 0) is 33.0 Å². The SMILES string of the molecule is CCCc1nc(CCN(C)C)sc1CNCC(C)C. The molecule has 1 aromatic heterocycles. The van der Waals surface area contributed by atoms with E-state index in [9.17, 15) is 0 Å². The lowest BCUT2D eigenvalue weighted by Crippen LogP contribution is -2.19. The molecule has 0 aliphatic rings. The summed E-state index contributed by atoms with van der Waals surface area (Å²) in [6, 6.07) is 0. The van der Waals surface area contributed by atoms with Crippen molar-refractivity contribution >= 4 is 11.3 Å². The van der Waals surface area contributed by atoms with E-state index < -0.39 is 0 Å². The Morgan fingerprint density at radius 1 is 1.26 bits per heavy atom. The Morgan fingerprint density at radius 3 is 2.58 bits per heavy atom. The van der Waals surface area contributed by atoms with Crippen molar-refractivity contribution in [3.8, 4) is 0 Å². The van der Waals surface area contributed by atoms with Gasteiger partial charge in [0.2, 0.25) is 0 Å². The summed E-state index contributed by atoms with van der Waals surface area (Å²) in [5, 5.41) is 4.83. The van der Waals surface area contributed by atoms with E-state index in [2.05, 4.69) is 45.1 Å². The van der Waals surface area contributed by atoms with Crippen LogP contribution >= 0.6 is 11.3 Å². The van der Waals surface area contributed by atoms with E-state index in [0.29, 0.717) is 5.92 Å². The molecule has 0 aliphatic carbocycles. The normalized spacial score (nSPS) is 11.7. The molecule has 0 unspecified atom stereocenters. The molecule has 110 valence electrons. The number of likely N-dealkylation sites (N-methyl/N-ethyl adjacent to an activating group) is 1. The number of rotatable bonds is 9. The van der Waals surface area contributed by atoms with E-state index in [0.717, 1.165) is 32.5 Å². The monoisotopic (exact) mass is 283 g/mol. The molecular formula is C15H29N3S. The van der Waals surface area contributed by atoms with Crippen LogP contribution in [0, 0.1) is 5.92 Å². The minimum atomic E-state index is 0.704. The van der Waals surface area contributed by atoms with Gasteiger partial charge in [-0.2, -0.15) is 0 Å². The third-order valence-corrected chi connectivity index (χ3v) is 4.08. The molecule has 0 atom stereocenters. The Balaban J connectivity index is 2.60. The van der Waals surface area contributed by atoms with Crippen LogP contribution in [0.3, 0.4) is 0 Å².